The minimum atomic E-state index is -0.452. The molecule has 0 aliphatic carbocycles. The molecule has 9 nitrogen and oxygen atoms in total. The summed E-state index contributed by atoms with van der Waals surface area (Å²) in [5.41, 5.74) is 0.00152. The highest BCUT2D eigenvalue weighted by Crippen LogP contribution is 2.34. The molecule has 22 heavy (non-hydrogen) atoms. The fourth-order valence-electron chi connectivity index (χ4n) is 3.02. The minimum absolute atomic E-state index is 0.00152. The highest BCUT2D eigenvalue weighted by Gasteiger charge is 2.41. The number of nitro groups is 1. The number of hydrogen-bond acceptors (Lipinski definition) is 5. The molecule has 2 N–H and O–H groups in total. The van der Waals surface area contributed by atoms with E-state index >= 15 is 0 Å². The lowest BCUT2D eigenvalue weighted by molar-refractivity contribution is -0.385. The third kappa shape index (κ3) is 3.19. The molecule has 0 aromatic carbocycles. The van der Waals surface area contributed by atoms with Gasteiger partial charge in [-0.1, -0.05) is 0 Å². The van der Waals surface area contributed by atoms with Crippen LogP contribution < -0.4 is 10.6 Å². The fraction of sp³-hybridized carbons (Fsp3) is 0.692. The Morgan fingerprint density at radius 2 is 2.50 bits per heavy atom. The third-order valence-corrected chi connectivity index (χ3v) is 4.12. The van der Waals surface area contributed by atoms with Gasteiger partial charge in [-0.3, -0.25) is 19.8 Å². The summed E-state index contributed by atoms with van der Waals surface area (Å²) in [7, 11) is 1.72. The molecule has 0 radical (unpaired) electrons. The Kier molecular flexibility index (Phi) is 4.23. The summed E-state index contributed by atoms with van der Waals surface area (Å²) in [5, 5.41) is 21.1. The second-order valence-corrected chi connectivity index (χ2v) is 5.58. The van der Waals surface area contributed by atoms with Gasteiger partial charge in [-0.15, -0.1) is 0 Å². The zero-order chi connectivity index (χ0) is 15.5. The molecule has 2 fully saturated rings. The lowest BCUT2D eigenvalue weighted by Gasteiger charge is -2.22. The van der Waals surface area contributed by atoms with E-state index in [9.17, 15) is 10.1 Å². The van der Waals surface area contributed by atoms with E-state index in [2.05, 4.69) is 20.7 Å². The maximum Gasteiger partial charge on any atom is 0.306 e. The van der Waals surface area contributed by atoms with Crippen LogP contribution in [0.4, 0.5) is 5.69 Å². The van der Waals surface area contributed by atoms with Gasteiger partial charge in [-0.05, 0) is 19.3 Å². The molecule has 2 bridgehead atoms. The number of aliphatic imine (C=N–C) groups is 1. The van der Waals surface area contributed by atoms with Crippen LogP contribution >= 0.6 is 0 Å². The normalized spacial score (nSPS) is 27.1. The number of hydrogen-bond donors (Lipinski definition) is 2. The number of fused-ring (bicyclic) bond motifs is 2. The van der Waals surface area contributed by atoms with Crippen LogP contribution in [0, 0.1) is 10.1 Å². The van der Waals surface area contributed by atoms with Crippen molar-refractivity contribution < 1.29 is 9.66 Å². The quantitative estimate of drug-likeness (QED) is 0.350. The van der Waals surface area contributed by atoms with Crippen LogP contribution in [0.2, 0.25) is 0 Å². The van der Waals surface area contributed by atoms with E-state index in [0.717, 1.165) is 25.2 Å². The minimum Gasteiger partial charge on any atom is -0.373 e. The maximum atomic E-state index is 10.6. The predicted octanol–water partition coefficient (Wildman–Crippen LogP) is 0.276. The molecule has 3 atom stereocenters. The van der Waals surface area contributed by atoms with E-state index in [-0.39, 0.29) is 11.8 Å². The Morgan fingerprint density at radius 3 is 3.09 bits per heavy atom. The lowest BCUT2D eigenvalue weighted by atomic mass is 9.96. The van der Waals surface area contributed by atoms with Gasteiger partial charge in [0.25, 0.3) is 0 Å². The van der Waals surface area contributed by atoms with Crippen molar-refractivity contribution in [3.63, 3.8) is 0 Å². The van der Waals surface area contributed by atoms with Crippen LogP contribution in [0.5, 0.6) is 0 Å². The van der Waals surface area contributed by atoms with E-state index in [1.807, 2.05) is 0 Å². The van der Waals surface area contributed by atoms with E-state index in [1.54, 1.807) is 11.7 Å². The average Bonchev–Trinajstić information content (AvgIpc) is 3.22. The monoisotopic (exact) mass is 308 g/mol. The van der Waals surface area contributed by atoms with E-state index < -0.39 is 4.92 Å². The molecule has 3 unspecified atom stereocenters. The Hall–Kier alpha value is -2.16. The largest absolute Gasteiger partial charge is 0.373 e. The van der Waals surface area contributed by atoms with Crippen molar-refractivity contribution in [2.45, 2.75) is 44.1 Å². The topological polar surface area (TPSA) is 107 Å². The molecule has 9 heteroatoms. The van der Waals surface area contributed by atoms with Crippen LogP contribution in [-0.2, 0) is 11.3 Å². The summed E-state index contributed by atoms with van der Waals surface area (Å²) in [4.78, 5) is 14.3. The molecule has 2 aliphatic rings. The summed E-state index contributed by atoms with van der Waals surface area (Å²) in [5.74, 6) is 0.725. The number of rotatable bonds is 5. The smallest absolute Gasteiger partial charge is 0.306 e. The van der Waals surface area contributed by atoms with Gasteiger partial charge in [0.1, 0.15) is 12.4 Å². The molecule has 1 aromatic rings. The summed E-state index contributed by atoms with van der Waals surface area (Å²) in [6.07, 6.45) is 6.64. The van der Waals surface area contributed by atoms with Crippen molar-refractivity contribution in [2.24, 2.45) is 4.99 Å². The second-order valence-electron chi connectivity index (χ2n) is 5.58. The fourth-order valence-corrected chi connectivity index (χ4v) is 3.02. The van der Waals surface area contributed by atoms with Gasteiger partial charge in [0, 0.05) is 13.6 Å². The van der Waals surface area contributed by atoms with Gasteiger partial charge in [0.15, 0.2) is 5.96 Å². The molecule has 1 aromatic heterocycles. The van der Waals surface area contributed by atoms with Crippen LogP contribution in [0.15, 0.2) is 17.4 Å². The van der Waals surface area contributed by atoms with Crippen LogP contribution in [0.1, 0.15) is 19.3 Å². The Labute approximate surface area is 127 Å². The van der Waals surface area contributed by atoms with E-state index in [1.165, 1.54) is 12.4 Å². The first kappa shape index (κ1) is 14.8. The number of nitrogens with one attached hydrogen (secondary N) is 2. The number of guanidine groups is 1. The van der Waals surface area contributed by atoms with E-state index in [4.69, 9.17) is 4.74 Å². The second kappa shape index (κ2) is 6.30. The predicted molar refractivity (Wildman–Crippen MR) is 79.7 cm³/mol. The lowest BCUT2D eigenvalue weighted by Crippen LogP contribution is -2.48. The Bertz CT molecular complexity index is 572. The van der Waals surface area contributed by atoms with Gasteiger partial charge >= 0.3 is 5.69 Å². The zero-order valence-electron chi connectivity index (χ0n) is 12.4. The van der Waals surface area contributed by atoms with Crippen molar-refractivity contribution in [3.8, 4) is 0 Å². The molecular formula is C13H20N6O3. The first-order chi connectivity index (χ1) is 10.7. The summed E-state index contributed by atoms with van der Waals surface area (Å²) >= 11 is 0. The first-order valence-electron chi connectivity index (χ1n) is 7.45. The average molecular weight is 308 g/mol. The molecule has 3 heterocycles. The van der Waals surface area contributed by atoms with Gasteiger partial charge in [-0.2, -0.15) is 5.10 Å². The summed E-state index contributed by atoms with van der Waals surface area (Å²) in [6.45, 7) is 1.11. The molecule has 2 aliphatic heterocycles. The summed E-state index contributed by atoms with van der Waals surface area (Å²) in [6, 6.07) is 0.316. The molecule has 0 saturated carbocycles. The standard InChI is InChI=1S/C13H20N6O3/c1-14-13(17-11-6-10-2-3-12(11)22-10)15-4-5-18-8-9(7-16-18)19(20)21/h7-8,10-12H,2-6H2,1H3,(H2,14,15,17). The third-order valence-electron chi connectivity index (χ3n) is 4.12. The first-order valence-corrected chi connectivity index (χ1v) is 7.45. The van der Waals surface area contributed by atoms with Crippen molar-refractivity contribution in [1.82, 2.24) is 20.4 Å². The van der Waals surface area contributed by atoms with Crippen molar-refractivity contribution in [1.29, 1.82) is 0 Å². The van der Waals surface area contributed by atoms with Crippen molar-refractivity contribution >= 4 is 11.6 Å². The van der Waals surface area contributed by atoms with Crippen molar-refractivity contribution in [2.75, 3.05) is 13.6 Å². The van der Waals surface area contributed by atoms with Gasteiger partial charge in [0.05, 0.1) is 29.7 Å². The molecular weight excluding hydrogens is 288 g/mol. The van der Waals surface area contributed by atoms with Crippen LogP contribution in [-0.4, -0.2) is 52.5 Å². The highest BCUT2D eigenvalue weighted by molar-refractivity contribution is 5.80. The van der Waals surface area contributed by atoms with Gasteiger partial charge in [0.2, 0.25) is 0 Å². The molecule has 2 saturated heterocycles. The molecule has 0 amide bonds. The number of aromatic nitrogens is 2. The van der Waals surface area contributed by atoms with Gasteiger partial charge < -0.3 is 15.4 Å². The number of ether oxygens (including phenoxy) is 1. The summed E-state index contributed by atoms with van der Waals surface area (Å²) < 4.78 is 7.35. The van der Waals surface area contributed by atoms with Crippen LogP contribution in [0.25, 0.3) is 0 Å². The zero-order valence-corrected chi connectivity index (χ0v) is 12.4. The maximum absolute atomic E-state index is 10.6. The van der Waals surface area contributed by atoms with Gasteiger partial charge in [-0.25, -0.2) is 0 Å². The SMILES string of the molecule is CN=C(NCCn1cc([N+](=O)[O-])cn1)NC1CC2CCC1O2. The molecule has 0 spiro atoms. The molecule has 3 rings (SSSR count). The Balaban J connectivity index is 1.44. The highest BCUT2D eigenvalue weighted by atomic mass is 16.6. The van der Waals surface area contributed by atoms with Crippen molar-refractivity contribution in [3.05, 3.63) is 22.5 Å². The number of nitrogens with zero attached hydrogens (tertiary/aromatic N) is 4. The Morgan fingerprint density at radius 1 is 1.64 bits per heavy atom. The van der Waals surface area contributed by atoms with E-state index in [0.29, 0.717) is 25.2 Å². The molecule has 120 valence electrons. The van der Waals surface area contributed by atoms with Crippen LogP contribution in [0.3, 0.4) is 0 Å².